The first kappa shape index (κ1) is 22.9. The molecule has 0 aromatic heterocycles. The number of nitrogens with zero attached hydrogens (tertiary/aromatic N) is 1. The van der Waals surface area contributed by atoms with Crippen LogP contribution in [-0.2, 0) is 19.1 Å². The average molecular weight is 441 g/mol. The fourth-order valence-corrected chi connectivity index (χ4v) is 3.10. The monoisotopic (exact) mass is 441 g/mol. The molecule has 2 aromatic carbocycles. The quantitative estimate of drug-likeness (QED) is 0.251. The zero-order chi connectivity index (χ0) is 23.3. The number of anilines is 3. The lowest BCUT2D eigenvalue weighted by Gasteiger charge is -2.34. The lowest BCUT2D eigenvalue weighted by atomic mass is 10.1. The largest absolute Gasteiger partial charge is 0.387 e. The molecule has 7 N–H and O–H groups in total. The summed E-state index contributed by atoms with van der Waals surface area (Å²) >= 11 is 0. The summed E-state index contributed by atoms with van der Waals surface area (Å²) in [5.41, 5.74) is 7.17. The van der Waals surface area contributed by atoms with Crippen molar-refractivity contribution >= 4 is 40.6 Å². The number of benzene rings is 2. The van der Waals surface area contributed by atoms with E-state index in [9.17, 15) is 19.5 Å². The van der Waals surface area contributed by atoms with Crippen molar-refractivity contribution in [3.63, 3.8) is 0 Å². The van der Waals surface area contributed by atoms with Crippen molar-refractivity contribution in [2.75, 3.05) is 35.3 Å². The van der Waals surface area contributed by atoms with Gasteiger partial charge in [0.2, 0.25) is 5.91 Å². The van der Waals surface area contributed by atoms with Crippen LogP contribution in [0.5, 0.6) is 0 Å². The zero-order valence-corrected chi connectivity index (χ0v) is 16.9. The number of hydrogen-bond acceptors (Lipinski definition) is 7. The van der Waals surface area contributed by atoms with Gasteiger partial charge in [-0.2, -0.15) is 0 Å². The van der Waals surface area contributed by atoms with Crippen molar-refractivity contribution in [1.29, 1.82) is 5.41 Å². The Hall–Kier alpha value is -3.80. The molecule has 1 aliphatic heterocycles. The maximum absolute atomic E-state index is 12.9. The van der Waals surface area contributed by atoms with E-state index in [-0.39, 0.29) is 19.0 Å². The number of carbonyl (C=O) groups is 3. The molecule has 0 radical (unpaired) electrons. The van der Waals surface area contributed by atoms with Crippen LogP contribution >= 0.6 is 0 Å². The highest BCUT2D eigenvalue weighted by Crippen LogP contribution is 2.23. The van der Waals surface area contributed by atoms with Gasteiger partial charge in [-0.05, 0) is 48.5 Å². The summed E-state index contributed by atoms with van der Waals surface area (Å²) in [7, 11) is 0. The minimum atomic E-state index is -1.75. The summed E-state index contributed by atoms with van der Waals surface area (Å²) < 4.78 is 5.37. The number of amides is 3. The summed E-state index contributed by atoms with van der Waals surface area (Å²) in [6.07, 6.45) is -3.14. The Balaban J connectivity index is 1.66. The number of nitrogen functional groups attached to an aromatic ring is 1. The van der Waals surface area contributed by atoms with Gasteiger partial charge in [0.15, 0.2) is 12.2 Å². The van der Waals surface area contributed by atoms with Crippen LogP contribution in [0, 0.1) is 5.41 Å². The molecule has 0 saturated carbocycles. The van der Waals surface area contributed by atoms with Gasteiger partial charge >= 0.3 is 0 Å². The highest BCUT2D eigenvalue weighted by Gasteiger charge is 2.39. The van der Waals surface area contributed by atoms with E-state index in [1.807, 2.05) is 0 Å². The zero-order valence-electron chi connectivity index (χ0n) is 16.9. The second-order valence-electron chi connectivity index (χ2n) is 6.96. The summed E-state index contributed by atoms with van der Waals surface area (Å²) in [5.74, 6) is -2.08. The fourth-order valence-electron chi connectivity index (χ4n) is 3.10. The molecule has 32 heavy (non-hydrogen) atoms. The molecule has 2 atom stereocenters. The number of amidine groups is 1. The van der Waals surface area contributed by atoms with Gasteiger partial charge in [-0.1, -0.05) is 0 Å². The first-order valence-corrected chi connectivity index (χ1v) is 9.67. The number of aliphatic hydroxyl groups is 2. The van der Waals surface area contributed by atoms with Crippen molar-refractivity contribution in [2.45, 2.75) is 12.2 Å². The van der Waals surface area contributed by atoms with Crippen molar-refractivity contribution in [3.8, 4) is 0 Å². The third-order valence-corrected chi connectivity index (χ3v) is 4.75. The van der Waals surface area contributed by atoms with Gasteiger partial charge in [-0.25, -0.2) is 0 Å². The highest BCUT2D eigenvalue weighted by atomic mass is 16.5. The van der Waals surface area contributed by atoms with Crippen LogP contribution in [0.25, 0.3) is 0 Å². The van der Waals surface area contributed by atoms with E-state index in [4.69, 9.17) is 21.0 Å². The Kier molecular flexibility index (Phi) is 7.15. The molecule has 1 unspecified atom stereocenters. The van der Waals surface area contributed by atoms with Gasteiger partial charge in [-0.15, -0.1) is 0 Å². The van der Waals surface area contributed by atoms with Gasteiger partial charge in [0.05, 0.1) is 6.61 Å². The molecule has 11 heteroatoms. The van der Waals surface area contributed by atoms with E-state index < -0.39 is 36.5 Å². The van der Waals surface area contributed by atoms with Gasteiger partial charge in [-0.3, -0.25) is 19.8 Å². The van der Waals surface area contributed by atoms with E-state index in [0.29, 0.717) is 22.6 Å². The van der Waals surface area contributed by atoms with E-state index in [0.717, 1.165) is 0 Å². The van der Waals surface area contributed by atoms with Crippen LogP contribution in [0.1, 0.15) is 5.56 Å². The summed E-state index contributed by atoms with van der Waals surface area (Å²) in [6.45, 7) is -0.318. The summed E-state index contributed by atoms with van der Waals surface area (Å²) in [6, 6.07) is 12.4. The molecule has 3 amide bonds. The molecule has 0 bridgehead atoms. The first-order chi connectivity index (χ1) is 15.3. The standard InChI is InChI=1S/C21H23N5O6/c22-19(23)12-1-3-14(4-2-12)25-20(30)17(29)18-21(31)26(9-10-32-18)15-7-5-13(6-8-15)24-16(28)11-27/h1-8,17-18,27,29H,9-11H2,(H3,22,23)(H,24,28)(H,25,30)/t17?,18-/m1/s1. The number of carbonyl (C=O) groups excluding carboxylic acids is 3. The number of hydrogen-bond donors (Lipinski definition) is 6. The van der Waals surface area contributed by atoms with E-state index in [2.05, 4.69) is 10.6 Å². The molecule has 1 heterocycles. The molecule has 11 nitrogen and oxygen atoms in total. The maximum atomic E-state index is 12.9. The number of ether oxygens (including phenoxy) is 1. The van der Waals surface area contributed by atoms with Gasteiger partial charge < -0.3 is 36.2 Å². The lowest BCUT2D eigenvalue weighted by Crippen LogP contribution is -2.55. The predicted molar refractivity (Wildman–Crippen MR) is 116 cm³/mol. The molecule has 1 saturated heterocycles. The van der Waals surface area contributed by atoms with Crippen molar-refractivity contribution in [3.05, 3.63) is 54.1 Å². The van der Waals surface area contributed by atoms with E-state index in [1.165, 1.54) is 17.0 Å². The normalized spacial score (nSPS) is 16.9. The maximum Gasteiger partial charge on any atom is 0.259 e. The lowest BCUT2D eigenvalue weighted by molar-refractivity contribution is -0.150. The van der Waals surface area contributed by atoms with Crippen LogP contribution in [-0.4, -0.2) is 65.7 Å². The Morgan fingerprint density at radius 3 is 2.31 bits per heavy atom. The van der Waals surface area contributed by atoms with E-state index >= 15 is 0 Å². The Labute approximate surface area is 183 Å². The second kappa shape index (κ2) is 10.0. The molecular weight excluding hydrogens is 418 g/mol. The number of rotatable bonds is 7. The molecule has 1 aliphatic rings. The smallest absolute Gasteiger partial charge is 0.259 e. The minimum Gasteiger partial charge on any atom is -0.387 e. The highest BCUT2D eigenvalue weighted by molar-refractivity contribution is 6.04. The summed E-state index contributed by atoms with van der Waals surface area (Å²) in [5, 5.41) is 31.6. The Morgan fingerprint density at radius 1 is 1.12 bits per heavy atom. The minimum absolute atomic E-state index is 0.108. The average Bonchev–Trinajstić information content (AvgIpc) is 2.79. The van der Waals surface area contributed by atoms with Crippen LogP contribution in [0.2, 0.25) is 0 Å². The molecule has 1 fully saturated rings. The number of nitrogens with one attached hydrogen (secondary N) is 3. The number of aliphatic hydroxyl groups excluding tert-OH is 2. The molecule has 168 valence electrons. The number of nitrogens with two attached hydrogens (primary N) is 1. The fraction of sp³-hybridized carbons (Fsp3) is 0.238. The van der Waals surface area contributed by atoms with Gasteiger partial charge in [0.1, 0.15) is 12.4 Å². The molecule has 2 aromatic rings. The molecule has 0 aliphatic carbocycles. The summed E-state index contributed by atoms with van der Waals surface area (Å²) in [4.78, 5) is 38.0. The Bertz CT molecular complexity index is 1010. The van der Waals surface area contributed by atoms with E-state index in [1.54, 1.807) is 36.4 Å². The van der Waals surface area contributed by atoms with Crippen LogP contribution < -0.4 is 21.3 Å². The van der Waals surface area contributed by atoms with Crippen molar-refractivity contribution in [2.24, 2.45) is 5.73 Å². The van der Waals surface area contributed by atoms with Crippen LogP contribution in [0.15, 0.2) is 48.5 Å². The first-order valence-electron chi connectivity index (χ1n) is 9.67. The predicted octanol–water partition coefficient (Wildman–Crippen LogP) is -0.367. The van der Waals surface area contributed by atoms with Crippen molar-refractivity contribution in [1.82, 2.24) is 0 Å². The SMILES string of the molecule is N=C(N)c1ccc(NC(=O)C(O)[C@H]2OCCN(c3ccc(NC(=O)CO)cc3)C2=O)cc1. The van der Waals surface area contributed by atoms with Crippen LogP contribution in [0.4, 0.5) is 17.1 Å². The third kappa shape index (κ3) is 5.27. The molecular formula is C21H23N5O6. The Morgan fingerprint density at radius 2 is 1.72 bits per heavy atom. The van der Waals surface area contributed by atoms with Crippen molar-refractivity contribution < 1.29 is 29.3 Å². The van der Waals surface area contributed by atoms with Crippen LogP contribution in [0.3, 0.4) is 0 Å². The third-order valence-electron chi connectivity index (χ3n) is 4.75. The second-order valence-corrected chi connectivity index (χ2v) is 6.96. The molecule has 0 spiro atoms. The molecule has 3 rings (SSSR count). The van der Waals surface area contributed by atoms with Gasteiger partial charge in [0, 0.05) is 29.2 Å². The number of morpholine rings is 1. The topological polar surface area (TPSA) is 178 Å². The van der Waals surface area contributed by atoms with Gasteiger partial charge in [0.25, 0.3) is 11.8 Å².